The number of thiophene rings is 1. The molecule has 3 unspecified atom stereocenters. The van der Waals surface area contributed by atoms with Crippen LogP contribution in [0.5, 0.6) is 0 Å². The number of nitrogens with one attached hydrogen (secondary N) is 1. The Bertz CT molecular complexity index is 366. The fraction of sp³-hybridized carbons (Fsp3) is 0.600. The summed E-state index contributed by atoms with van der Waals surface area (Å²) in [7, 11) is -0.663. The molecule has 1 aromatic rings. The molecule has 3 atom stereocenters. The van der Waals surface area contributed by atoms with Gasteiger partial charge in [-0.25, -0.2) is 0 Å². The van der Waals surface area contributed by atoms with Gasteiger partial charge in [0.15, 0.2) is 0 Å². The third-order valence-electron chi connectivity index (χ3n) is 2.60. The van der Waals surface area contributed by atoms with Crippen molar-refractivity contribution in [1.82, 2.24) is 5.32 Å². The third-order valence-corrected chi connectivity index (χ3v) is 5.89. The molecule has 5 heteroatoms. The summed E-state index contributed by atoms with van der Waals surface area (Å²) in [5.74, 6) is 1.56. The molecule has 1 aliphatic heterocycles. The van der Waals surface area contributed by atoms with Gasteiger partial charge in [0.2, 0.25) is 0 Å². The van der Waals surface area contributed by atoms with E-state index in [0.717, 1.165) is 22.4 Å². The maximum atomic E-state index is 11.7. The molecule has 0 aliphatic carbocycles. The second-order valence-corrected chi connectivity index (χ2v) is 7.17. The lowest BCUT2D eigenvalue weighted by Gasteiger charge is -2.29. The van der Waals surface area contributed by atoms with Crippen LogP contribution in [-0.4, -0.2) is 21.8 Å². The van der Waals surface area contributed by atoms with Crippen LogP contribution in [-0.2, 0) is 10.8 Å². The first-order valence-electron chi connectivity index (χ1n) is 5.04. The molecule has 0 bridgehead atoms. The molecular formula is C10H14BrNOS2. The highest BCUT2D eigenvalue weighted by molar-refractivity contribution is 9.10. The first-order chi connectivity index (χ1) is 7.19. The van der Waals surface area contributed by atoms with Gasteiger partial charge >= 0.3 is 0 Å². The molecule has 0 aromatic carbocycles. The maximum Gasteiger partial charge on any atom is 0.0534 e. The zero-order valence-electron chi connectivity index (χ0n) is 8.53. The van der Waals surface area contributed by atoms with Gasteiger partial charge in [-0.05, 0) is 28.4 Å². The van der Waals surface area contributed by atoms with Crippen molar-refractivity contribution in [3.05, 3.63) is 20.8 Å². The Morgan fingerprint density at radius 3 is 3.07 bits per heavy atom. The van der Waals surface area contributed by atoms with Crippen molar-refractivity contribution < 1.29 is 4.21 Å². The molecule has 84 valence electrons. The predicted octanol–water partition coefficient (Wildman–Crippen LogP) is 2.68. The summed E-state index contributed by atoms with van der Waals surface area (Å²) in [5.41, 5.74) is 0. The lowest BCUT2D eigenvalue weighted by Crippen LogP contribution is -2.44. The Balaban J connectivity index is 2.12. The minimum absolute atomic E-state index is 0.279. The zero-order valence-corrected chi connectivity index (χ0v) is 11.8. The van der Waals surface area contributed by atoms with Crippen LogP contribution in [0.15, 0.2) is 15.9 Å². The zero-order chi connectivity index (χ0) is 10.8. The molecule has 0 saturated carbocycles. The van der Waals surface area contributed by atoms with E-state index in [0.29, 0.717) is 6.04 Å². The van der Waals surface area contributed by atoms with E-state index in [9.17, 15) is 4.21 Å². The molecule has 0 radical (unpaired) electrons. The molecule has 2 heterocycles. The number of halogens is 1. The number of hydrogen-bond acceptors (Lipinski definition) is 3. The largest absolute Gasteiger partial charge is 0.305 e. The SMILES string of the molecule is CCC1CS(=O)CC(c2cc(Br)cs2)N1. The predicted molar refractivity (Wildman–Crippen MR) is 69.9 cm³/mol. The number of rotatable bonds is 2. The molecule has 2 rings (SSSR count). The Labute approximate surface area is 105 Å². The van der Waals surface area contributed by atoms with Gasteiger partial charge < -0.3 is 5.32 Å². The molecule has 1 aromatic heterocycles. The first kappa shape index (κ1) is 11.8. The highest BCUT2D eigenvalue weighted by Gasteiger charge is 2.26. The molecule has 1 saturated heterocycles. The van der Waals surface area contributed by atoms with Crippen molar-refractivity contribution in [3.63, 3.8) is 0 Å². The van der Waals surface area contributed by atoms with E-state index in [1.807, 2.05) is 0 Å². The van der Waals surface area contributed by atoms with Crippen LogP contribution < -0.4 is 5.32 Å². The molecule has 0 amide bonds. The Morgan fingerprint density at radius 2 is 2.47 bits per heavy atom. The molecule has 1 N–H and O–H groups in total. The lowest BCUT2D eigenvalue weighted by molar-refractivity contribution is 0.460. The van der Waals surface area contributed by atoms with Crippen molar-refractivity contribution in [2.75, 3.05) is 11.5 Å². The van der Waals surface area contributed by atoms with Crippen molar-refractivity contribution in [1.29, 1.82) is 0 Å². The van der Waals surface area contributed by atoms with Gasteiger partial charge in [-0.15, -0.1) is 11.3 Å². The molecule has 1 fully saturated rings. The Hall–Kier alpha value is 0.290. The van der Waals surface area contributed by atoms with E-state index < -0.39 is 10.8 Å². The highest BCUT2D eigenvalue weighted by atomic mass is 79.9. The van der Waals surface area contributed by atoms with Gasteiger partial charge in [0, 0.05) is 43.1 Å². The van der Waals surface area contributed by atoms with Gasteiger partial charge in [0.05, 0.1) is 6.04 Å². The van der Waals surface area contributed by atoms with Crippen LogP contribution in [0, 0.1) is 0 Å². The normalized spacial score (nSPS) is 31.7. The van der Waals surface area contributed by atoms with Gasteiger partial charge in [-0.1, -0.05) is 6.92 Å². The first-order valence-corrected chi connectivity index (χ1v) is 8.20. The molecule has 0 spiro atoms. The van der Waals surface area contributed by atoms with Gasteiger partial charge in [0.25, 0.3) is 0 Å². The van der Waals surface area contributed by atoms with E-state index in [2.05, 4.69) is 39.6 Å². The number of hydrogen-bond donors (Lipinski definition) is 1. The van der Waals surface area contributed by atoms with E-state index in [4.69, 9.17) is 0 Å². The van der Waals surface area contributed by atoms with Crippen molar-refractivity contribution in [2.45, 2.75) is 25.4 Å². The van der Waals surface area contributed by atoms with Crippen molar-refractivity contribution in [3.8, 4) is 0 Å². The second-order valence-electron chi connectivity index (χ2n) is 3.76. The fourth-order valence-corrected chi connectivity index (χ4v) is 4.95. The van der Waals surface area contributed by atoms with Gasteiger partial charge in [-0.2, -0.15) is 0 Å². The van der Waals surface area contributed by atoms with Crippen molar-refractivity contribution >= 4 is 38.1 Å². The van der Waals surface area contributed by atoms with Crippen LogP contribution in [0.2, 0.25) is 0 Å². The van der Waals surface area contributed by atoms with Gasteiger partial charge in [0.1, 0.15) is 0 Å². The molecule has 15 heavy (non-hydrogen) atoms. The fourth-order valence-electron chi connectivity index (χ4n) is 1.77. The van der Waals surface area contributed by atoms with E-state index in [1.54, 1.807) is 11.3 Å². The van der Waals surface area contributed by atoms with E-state index in [1.165, 1.54) is 4.88 Å². The average Bonchev–Trinajstić information content (AvgIpc) is 2.64. The van der Waals surface area contributed by atoms with Gasteiger partial charge in [-0.3, -0.25) is 4.21 Å². The molecule has 1 aliphatic rings. The monoisotopic (exact) mass is 307 g/mol. The van der Waals surface area contributed by atoms with E-state index >= 15 is 0 Å². The summed E-state index contributed by atoms with van der Waals surface area (Å²) in [6, 6.07) is 2.81. The lowest BCUT2D eigenvalue weighted by atomic mass is 10.2. The van der Waals surface area contributed by atoms with Crippen LogP contribution in [0.25, 0.3) is 0 Å². The summed E-state index contributed by atoms with van der Waals surface area (Å²) in [6.45, 7) is 2.14. The standard InChI is InChI=1S/C10H14BrNOS2/c1-2-8-5-15(13)6-9(12-8)10-3-7(11)4-14-10/h3-4,8-9,12H,2,5-6H2,1H3. The minimum Gasteiger partial charge on any atom is -0.305 e. The topological polar surface area (TPSA) is 29.1 Å². The minimum atomic E-state index is -0.663. The smallest absolute Gasteiger partial charge is 0.0534 e. The second kappa shape index (κ2) is 5.08. The van der Waals surface area contributed by atoms with Crippen LogP contribution in [0.3, 0.4) is 0 Å². The Kier molecular flexibility index (Phi) is 3.98. The molecule has 2 nitrogen and oxygen atoms in total. The third kappa shape index (κ3) is 2.90. The summed E-state index contributed by atoms with van der Waals surface area (Å²) in [4.78, 5) is 1.29. The highest BCUT2D eigenvalue weighted by Crippen LogP contribution is 2.28. The van der Waals surface area contributed by atoms with Crippen LogP contribution in [0.4, 0.5) is 0 Å². The quantitative estimate of drug-likeness (QED) is 0.910. The maximum absolute atomic E-state index is 11.7. The van der Waals surface area contributed by atoms with Crippen LogP contribution >= 0.6 is 27.3 Å². The summed E-state index contributed by atoms with van der Waals surface area (Å²) < 4.78 is 12.8. The summed E-state index contributed by atoms with van der Waals surface area (Å²) in [5, 5.41) is 5.64. The van der Waals surface area contributed by atoms with Crippen LogP contribution in [0.1, 0.15) is 24.3 Å². The summed E-state index contributed by atoms with van der Waals surface area (Å²) in [6.07, 6.45) is 1.05. The van der Waals surface area contributed by atoms with Crippen molar-refractivity contribution in [2.24, 2.45) is 0 Å². The summed E-state index contributed by atoms with van der Waals surface area (Å²) >= 11 is 5.18. The molecular weight excluding hydrogens is 294 g/mol. The average molecular weight is 308 g/mol. The Morgan fingerprint density at radius 1 is 1.67 bits per heavy atom. The van der Waals surface area contributed by atoms with E-state index in [-0.39, 0.29) is 6.04 Å².